The van der Waals surface area contributed by atoms with Crippen molar-refractivity contribution in [1.82, 2.24) is 14.6 Å². The number of benzene rings is 2. The summed E-state index contributed by atoms with van der Waals surface area (Å²) in [5.41, 5.74) is 3.57. The molecule has 2 heterocycles. The van der Waals surface area contributed by atoms with E-state index in [4.69, 9.17) is 11.6 Å². The molecule has 0 saturated heterocycles. The zero-order valence-corrected chi connectivity index (χ0v) is 17.1. The molecule has 142 valence electrons. The molecule has 2 aromatic carbocycles. The Balaban J connectivity index is 1.67. The summed E-state index contributed by atoms with van der Waals surface area (Å²) in [5.74, 6) is -0.103. The Morgan fingerprint density at radius 1 is 1.18 bits per heavy atom. The van der Waals surface area contributed by atoms with Gasteiger partial charge in [0, 0.05) is 5.39 Å². The summed E-state index contributed by atoms with van der Waals surface area (Å²) in [6, 6.07) is 17.4. The highest BCUT2D eigenvalue weighted by molar-refractivity contribution is 8.00. The lowest BCUT2D eigenvalue weighted by Crippen LogP contribution is -2.25. The molecule has 0 aliphatic heterocycles. The van der Waals surface area contributed by atoms with Gasteiger partial charge in [0.1, 0.15) is 0 Å². The van der Waals surface area contributed by atoms with Gasteiger partial charge >= 0.3 is 0 Å². The summed E-state index contributed by atoms with van der Waals surface area (Å²) in [7, 11) is 0. The fourth-order valence-corrected chi connectivity index (χ4v) is 4.33. The Morgan fingerprint density at radius 2 is 1.93 bits per heavy atom. The molecule has 0 saturated carbocycles. The molecule has 1 unspecified atom stereocenters. The summed E-state index contributed by atoms with van der Waals surface area (Å²) in [4.78, 5) is 12.8. The van der Waals surface area contributed by atoms with Gasteiger partial charge in [0.15, 0.2) is 10.8 Å². The maximum Gasteiger partial charge on any atom is 0.238 e. The smallest absolute Gasteiger partial charge is 0.238 e. The molecule has 0 spiro atoms. The standard InChI is InChI=1S/C21H19ClN4OS/c1-3-18(20(27)23-16-10-6-5-9-15(16)22)28-21-25-24-19-12-13(2)14-8-4-7-11-17(14)26(19)21/h4-12,18H,3H2,1-2H3,(H,23,27). The van der Waals surface area contributed by atoms with Crippen LogP contribution in [0.1, 0.15) is 18.9 Å². The van der Waals surface area contributed by atoms with Gasteiger partial charge in [0.2, 0.25) is 5.91 Å². The quantitative estimate of drug-likeness (QED) is 0.450. The van der Waals surface area contributed by atoms with Crippen LogP contribution in [-0.4, -0.2) is 25.8 Å². The minimum Gasteiger partial charge on any atom is -0.324 e. The fourth-order valence-electron chi connectivity index (χ4n) is 3.18. The van der Waals surface area contributed by atoms with Gasteiger partial charge in [-0.1, -0.05) is 60.6 Å². The number of aryl methyl sites for hydroxylation is 1. The number of nitrogens with one attached hydrogen (secondary N) is 1. The van der Waals surface area contributed by atoms with Crippen molar-refractivity contribution in [2.75, 3.05) is 5.32 Å². The molecule has 4 rings (SSSR count). The van der Waals surface area contributed by atoms with Crippen LogP contribution in [0, 0.1) is 6.92 Å². The van der Waals surface area contributed by atoms with Gasteiger partial charge in [-0.3, -0.25) is 9.20 Å². The van der Waals surface area contributed by atoms with E-state index in [0.717, 1.165) is 22.1 Å². The van der Waals surface area contributed by atoms with Crippen molar-refractivity contribution in [2.45, 2.75) is 30.7 Å². The van der Waals surface area contributed by atoms with Crippen molar-refractivity contribution in [2.24, 2.45) is 0 Å². The van der Waals surface area contributed by atoms with Crippen LogP contribution in [0.4, 0.5) is 5.69 Å². The number of amides is 1. The molecular formula is C21H19ClN4OS. The Kier molecular flexibility index (Phi) is 5.24. The summed E-state index contributed by atoms with van der Waals surface area (Å²) in [6.45, 7) is 4.05. The highest BCUT2D eigenvalue weighted by Crippen LogP contribution is 2.30. The van der Waals surface area contributed by atoms with Crippen molar-refractivity contribution in [3.8, 4) is 0 Å². The minimum atomic E-state index is -0.316. The third-order valence-corrected chi connectivity index (χ3v) is 6.25. The largest absolute Gasteiger partial charge is 0.324 e. The first-order valence-electron chi connectivity index (χ1n) is 9.04. The van der Waals surface area contributed by atoms with Crippen LogP contribution in [0.25, 0.3) is 16.6 Å². The average Bonchev–Trinajstić information content (AvgIpc) is 3.10. The van der Waals surface area contributed by atoms with Crippen molar-refractivity contribution < 1.29 is 4.79 Å². The van der Waals surface area contributed by atoms with Crippen molar-refractivity contribution >= 4 is 51.5 Å². The summed E-state index contributed by atoms with van der Waals surface area (Å²) >= 11 is 7.58. The number of nitrogens with zero attached hydrogens (tertiary/aromatic N) is 3. The lowest BCUT2D eigenvalue weighted by atomic mass is 10.1. The summed E-state index contributed by atoms with van der Waals surface area (Å²) < 4.78 is 2.01. The van der Waals surface area contributed by atoms with Gasteiger partial charge in [-0.05, 0) is 43.2 Å². The van der Waals surface area contributed by atoms with E-state index in [1.54, 1.807) is 12.1 Å². The normalized spacial score (nSPS) is 12.4. The number of anilines is 1. The molecule has 0 radical (unpaired) electrons. The van der Waals surface area contributed by atoms with Crippen molar-refractivity contribution in [3.05, 3.63) is 65.2 Å². The third-order valence-electron chi connectivity index (χ3n) is 4.62. The van der Waals surface area contributed by atoms with Crippen LogP contribution in [0.2, 0.25) is 5.02 Å². The van der Waals surface area contributed by atoms with Crippen LogP contribution < -0.4 is 5.32 Å². The maximum absolute atomic E-state index is 12.8. The third kappa shape index (κ3) is 3.45. The molecule has 1 N–H and O–H groups in total. The first kappa shape index (κ1) is 18.8. The summed E-state index contributed by atoms with van der Waals surface area (Å²) in [6.07, 6.45) is 0.652. The molecule has 7 heteroatoms. The van der Waals surface area contributed by atoms with Crippen LogP contribution in [0.15, 0.2) is 59.8 Å². The molecule has 0 aliphatic carbocycles. The average molecular weight is 411 g/mol. The van der Waals surface area contributed by atoms with Gasteiger partial charge in [-0.15, -0.1) is 10.2 Å². The monoisotopic (exact) mass is 410 g/mol. The van der Waals surface area contributed by atoms with Gasteiger partial charge < -0.3 is 5.32 Å². The Labute approximate surface area is 172 Å². The molecule has 0 fully saturated rings. The van der Waals surface area contributed by atoms with E-state index >= 15 is 0 Å². The van der Waals surface area contributed by atoms with Crippen LogP contribution in [-0.2, 0) is 4.79 Å². The predicted molar refractivity (Wildman–Crippen MR) is 115 cm³/mol. The number of rotatable bonds is 5. The first-order chi connectivity index (χ1) is 13.6. The number of carbonyl (C=O) groups is 1. The van der Waals surface area contributed by atoms with Gasteiger partial charge in [0.25, 0.3) is 0 Å². The van der Waals surface area contributed by atoms with Crippen LogP contribution in [0.5, 0.6) is 0 Å². The zero-order chi connectivity index (χ0) is 19.7. The van der Waals surface area contributed by atoms with E-state index < -0.39 is 0 Å². The van der Waals surface area contributed by atoms with E-state index in [9.17, 15) is 4.79 Å². The lowest BCUT2D eigenvalue weighted by molar-refractivity contribution is -0.115. The second-order valence-corrected chi connectivity index (χ2v) is 8.08. The second kappa shape index (κ2) is 7.81. The molecule has 0 aliphatic rings. The minimum absolute atomic E-state index is 0.103. The van der Waals surface area contributed by atoms with E-state index in [2.05, 4.69) is 28.5 Å². The van der Waals surface area contributed by atoms with Gasteiger partial charge in [-0.2, -0.15) is 0 Å². The highest BCUT2D eigenvalue weighted by Gasteiger charge is 2.22. The molecule has 28 heavy (non-hydrogen) atoms. The van der Waals surface area contributed by atoms with E-state index in [-0.39, 0.29) is 11.2 Å². The fraction of sp³-hybridized carbons (Fsp3) is 0.190. The molecule has 2 aromatic heterocycles. The lowest BCUT2D eigenvalue weighted by Gasteiger charge is -2.15. The summed E-state index contributed by atoms with van der Waals surface area (Å²) in [5, 5.41) is 13.6. The molecule has 5 nitrogen and oxygen atoms in total. The SMILES string of the molecule is CCC(Sc1nnc2cc(C)c3ccccc3n12)C(=O)Nc1ccccc1Cl. The zero-order valence-electron chi connectivity index (χ0n) is 15.5. The second-order valence-electron chi connectivity index (χ2n) is 6.50. The number of fused-ring (bicyclic) bond motifs is 3. The number of aromatic nitrogens is 3. The van der Waals surface area contributed by atoms with Gasteiger partial charge in [-0.25, -0.2) is 0 Å². The van der Waals surface area contributed by atoms with Crippen molar-refractivity contribution in [3.63, 3.8) is 0 Å². The Hall–Kier alpha value is -2.57. The molecule has 0 bridgehead atoms. The number of halogens is 1. The number of pyridine rings is 1. The van der Waals surface area contributed by atoms with Gasteiger partial charge in [0.05, 0.1) is 21.5 Å². The molecule has 1 atom stereocenters. The predicted octanol–water partition coefficient (Wildman–Crippen LogP) is 5.35. The first-order valence-corrected chi connectivity index (χ1v) is 10.3. The van der Waals surface area contributed by atoms with E-state index in [1.807, 2.05) is 47.7 Å². The number of hydrogen-bond donors (Lipinski definition) is 1. The van der Waals surface area contributed by atoms with E-state index in [0.29, 0.717) is 22.3 Å². The molecular weight excluding hydrogens is 392 g/mol. The van der Waals surface area contributed by atoms with Crippen LogP contribution >= 0.6 is 23.4 Å². The van der Waals surface area contributed by atoms with Crippen LogP contribution in [0.3, 0.4) is 0 Å². The topological polar surface area (TPSA) is 59.3 Å². The number of para-hydroxylation sites is 2. The number of carbonyl (C=O) groups excluding carboxylic acids is 1. The number of thioether (sulfide) groups is 1. The van der Waals surface area contributed by atoms with E-state index in [1.165, 1.54) is 11.8 Å². The molecule has 4 aromatic rings. The highest BCUT2D eigenvalue weighted by atomic mass is 35.5. The Morgan fingerprint density at radius 3 is 2.71 bits per heavy atom. The maximum atomic E-state index is 12.8. The number of hydrogen-bond acceptors (Lipinski definition) is 4. The molecule has 1 amide bonds. The van der Waals surface area contributed by atoms with Crippen molar-refractivity contribution in [1.29, 1.82) is 0 Å². The Bertz CT molecular complexity index is 1170.